The highest BCUT2D eigenvalue weighted by Crippen LogP contribution is 2.41. The SMILES string of the molecule is O=C(O)C1(Cc2nc(C3CCCS3)no2)CCCCC1. The molecule has 5 nitrogen and oxygen atoms in total. The van der Waals surface area contributed by atoms with Crippen molar-refractivity contribution in [3.63, 3.8) is 0 Å². The summed E-state index contributed by atoms with van der Waals surface area (Å²) in [5.74, 6) is 1.68. The molecule has 2 fully saturated rings. The van der Waals surface area contributed by atoms with E-state index in [2.05, 4.69) is 10.1 Å². The van der Waals surface area contributed by atoms with Gasteiger partial charge in [0.05, 0.1) is 10.7 Å². The molecule has 1 aliphatic carbocycles. The Labute approximate surface area is 122 Å². The Morgan fingerprint density at radius 1 is 1.35 bits per heavy atom. The predicted molar refractivity (Wildman–Crippen MR) is 75.6 cm³/mol. The van der Waals surface area contributed by atoms with Gasteiger partial charge < -0.3 is 9.63 Å². The summed E-state index contributed by atoms with van der Waals surface area (Å²) in [6.07, 6.45) is 7.19. The van der Waals surface area contributed by atoms with Crippen LogP contribution in [-0.2, 0) is 11.2 Å². The van der Waals surface area contributed by atoms with Gasteiger partial charge in [-0.1, -0.05) is 24.4 Å². The summed E-state index contributed by atoms with van der Waals surface area (Å²) in [5, 5.41) is 14.0. The first-order valence-corrected chi connectivity index (χ1v) is 8.42. The van der Waals surface area contributed by atoms with Gasteiger partial charge >= 0.3 is 5.97 Å². The molecular formula is C14H20N2O3S. The van der Waals surface area contributed by atoms with Gasteiger partial charge in [-0.05, 0) is 31.4 Å². The van der Waals surface area contributed by atoms with E-state index in [1.54, 1.807) is 0 Å². The smallest absolute Gasteiger partial charge is 0.310 e. The maximum atomic E-state index is 11.6. The summed E-state index contributed by atoms with van der Waals surface area (Å²) in [5.41, 5.74) is -0.690. The van der Waals surface area contributed by atoms with E-state index >= 15 is 0 Å². The van der Waals surface area contributed by atoms with E-state index in [0.29, 0.717) is 17.6 Å². The largest absolute Gasteiger partial charge is 0.481 e. The minimum absolute atomic E-state index is 0.333. The van der Waals surface area contributed by atoms with Crippen molar-refractivity contribution in [2.75, 3.05) is 5.75 Å². The fourth-order valence-electron chi connectivity index (χ4n) is 3.24. The number of rotatable bonds is 4. The maximum Gasteiger partial charge on any atom is 0.310 e. The van der Waals surface area contributed by atoms with Crippen LogP contribution < -0.4 is 0 Å². The van der Waals surface area contributed by atoms with E-state index in [0.717, 1.165) is 50.1 Å². The lowest BCUT2D eigenvalue weighted by atomic mass is 9.72. The van der Waals surface area contributed by atoms with E-state index < -0.39 is 11.4 Å². The average Bonchev–Trinajstić information content (AvgIpc) is 3.10. The molecule has 2 aliphatic rings. The van der Waals surface area contributed by atoms with Crippen molar-refractivity contribution in [2.45, 2.75) is 56.6 Å². The molecule has 0 aromatic carbocycles. The number of aliphatic carboxylic acids is 1. The van der Waals surface area contributed by atoms with Gasteiger partial charge in [0.15, 0.2) is 5.82 Å². The molecule has 1 aromatic rings. The number of hydrogen-bond acceptors (Lipinski definition) is 5. The molecule has 110 valence electrons. The molecule has 0 amide bonds. The molecule has 0 radical (unpaired) electrons. The third kappa shape index (κ3) is 2.71. The molecule has 1 aromatic heterocycles. The van der Waals surface area contributed by atoms with Crippen molar-refractivity contribution in [3.8, 4) is 0 Å². The van der Waals surface area contributed by atoms with Gasteiger partial charge in [-0.15, -0.1) is 0 Å². The second-order valence-electron chi connectivity index (χ2n) is 5.87. The van der Waals surface area contributed by atoms with Crippen LogP contribution in [0, 0.1) is 5.41 Å². The van der Waals surface area contributed by atoms with Gasteiger partial charge in [0.25, 0.3) is 0 Å². The maximum absolute atomic E-state index is 11.6. The lowest BCUT2D eigenvalue weighted by molar-refractivity contribution is -0.151. The summed E-state index contributed by atoms with van der Waals surface area (Å²) in [4.78, 5) is 16.1. The molecule has 1 saturated heterocycles. The number of carbonyl (C=O) groups is 1. The second-order valence-corrected chi connectivity index (χ2v) is 7.18. The standard InChI is InChI=1S/C14H20N2O3S/c17-13(18)14(6-2-1-3-7-14)9-11-15-12(16-19-11)10-5-4-8-20-10/h10H,1-9H2,(H,17,18). The van der Waals surface area contributed by atoms with Crippen LogP contribution >= 0.6 is 11.8 Å². The molecule has 3 rings (SSSR count). The zero-order valence-electron chi connectivity index (χ0n) is 11.5. The first kappa shape index (κ1) is 13.9. The summed E-state index contributed by atoms with van der Waals surface area (Å²) in [6.45, 7) is 0. The highest BCUT2D eigenvalue weighted by molar-refractivity contribution is 7.99. The monoisotopic (exact) mass is 296 g/mol. The summed E-state index contributed by atoms with van der Waals surface area (Å²) in [7, 11) is 0. The highest BCUT2D eigenvalue weighted by atomic mass is 32.2. The van der Waals surface area contributed by atoms with Crippen LogP contribution in [0.1, 0.15) is 61.9 Å². The van der Waals surface area contributed by atoms with E-state index in [1.807, 2.05) is 11.8 Å². The predicted octanol–water partition coefficient (Wildman–Crippen LogP) is 3.22. The van der Waals surface area contributed by atoms with Crippen LogP contribution in [-0.4, -0.2) is 27.0 Å². The molecule has 1 unspecified atom stereocenters. The number of aromatic nitrogens is 2. The fraction of sp³-hybridized carbons (Fsp3) is 0.786. The van der Waals surface area contributed by atoms with Crippen LogP contribution in [0.4, 0.5) is 0 Å². The molecule has 20 heavy (non-hydrogen) atoms. The minimum Gasteiger partial charge on any atom is -0.481 e. The summed E-state index contributed by atoms with van der Waals surface area (Å²) in [6, 6.07) is 0. The Kier molecular flexibility index (Phi) is 4.01. The molecule has 1 aliphatic heterocycles. The quantitative estimate of drug-likeness (QED) is 0.919. The second kappa shape index (κ2) is 5.76. The zero-order chi connectivity index (χ0) is 14.0. The number of carboxylic acids is 1. The van der Waals surface area contributed by atoms with E-state index in [-0.39, 0.29) is 0 Å². The Morgan fingerprint density at radius 3 is 2.80 bits per heavy atom. The third-order valence-corrected chi connectivity index (χ3v) is 5.83. The topological polar surface area (TPSA) is 76.2 Å². The Bertz CT molecular complexity index is 477. The van der Waals surface area contributed by atoms with Crippen molar-refractivity contribution in [3.05, 3.63) is 11.7 Å². The van der Waals surface area contributed by atoms with Crippen LogP contribution in [0.25, 0.3) is 0 Å². The number of hydrogen-bond donors (Lipinski definition) is 1. The Morgan fingerprint density at radius 2 is 2.15 bits per heavy atom. The van der Waals surface area contributed by atoms with Gasteiger partial charge in [0.1, 0.15) is 0 Å². The molecule has 1 N–H and O–H groups in total. The lowest BCUT2D eigenvalue weighted by Crippen LogP contribution is -2.35. The van der Waals surface area contributed by atoms with Crippen molar-refractivity contribution >= 4 is 17.7 Å². The summed E-state index contributed by atoms with van der Waals surface area (Å²) < 4.78 is 5.32. The van der Waals surface area contributed by atoms with Crippen LogP contribution in [0.2, 0.25) is 0 Å². The molecule has 6 heteroatoms. The van der Waals surface area contributed by atoms with Crippen molar-refractivity contribution in [1.82, 2.24) is 10.1 Å². The van der Waals surface area contributed by atoms with Crippen molar-refractivity contribution < 1.29 is 14.4 Å². The fourth-order valence-corrected chi connectivity index (χ4v) is 4.43. The Hall–Kier alpha value is -1.04. The van der Waals surface area contributed by atoms with Gasteiger partial charge in [0.2, 0.25) is 5.89 Å². The minimum atomic E-state index is -0.716. The van der Waals surface area contributed by atoms with Gasteiger partial charge in [-0.25, -0.2) is 0 Å². The molecule has 1 atom stereocenters. The van der Waals surface area contributed by atoms with Crippen LogP contribution in [0.15, 0.2) is 4.52 Å². The van der Waals surface area contributed by atoms with Gasteiger partial charge in [-0.3, -0.25) is 4.79 Å². The zero-order valence-corrected chi connectivity index (χ0v) is 12.3. The molecule has 2 heterocycles. The molecular weight excluding hydrogens is 276 g/mol. The lowest BCUT2D eigenvalue weighted by Gasteiger charge is -2.31. The third-order valence-electron chi connectivity index (χ3n) is 4.46. The summed E-state index contributed by atoms with van der Waals surface area (Å²) >= 11 is 1.86. The number of thioether (sulfide) groups is 1. The number of nitrogens with zero attached hydrogens (tertiary/aromatic N) is 2. The first-order chi connectivity index (χ1) is 9.70. The molecule has 1 saturated carbocycles. The first-order valence-electron chi connectivity index (χ1n) is 7.37. The van der Waals surface area contributed by atoms with Gasteiger partial charge in [0, 0.05) is 6.42 Å². The normalized spacial score (nSPS) is 25.7. The number of carboxylic acid groups (broad SMARTS) is 1. The highest BCUT2D eigenvalue weighted by Gasteiger charge is 2.41. The van der Waals surface area contributed by atoms with Crippen molar-refractivity contribution in [2.24, 2.45) is 5.41 Å². The van der Waals surface area contributed by atoms with E-state index in [4.69, 9.17) is 4.52 Å². The van der Waals surface area contributed by atoms with E-state index in [1.165, 1.54) is 6.42 Å². The van der Waals surface area contributed by atoms with Crippen molar-refractivity contribution in [1.29, 1.82) is 0 Å². The average molecular weight is 296 g/mol. The van der Waals surface area contributed by atoms with E-state index in [9.17, 15) is 9.90 Å². The van der Waals surface area contributed by atoms with Gasteiger partial charge in [-0.2, -0.15) is 16.7 Å². The Balaban J connectivity index is 1.73. The molecule has 0 spiro atoms. The van der Waals surface area contributed by atoms with Crippen LogP contribution in [0.5, 0.6) is 0 Å². The van der Waals surface area contributed by atoms with Crippen LogP contribution in [0.3, 0.4) is 0 Å². The molecule has 0 bridgehead atoms.